The number of hydrogen-bond donors (Lipinski definition) is 1. The molecule has 2 atom stereocenters. The molecule has 0 spiro atoms. The summed E-state index contributed by atoms with van der Waals surface area (Å²) in [6.45, 7) is 3.67. The molecule has 2 aliphatic rings. The zero-order valence-corrected chi connectivity index (χ0v) is 6.71. The molecule has 2 saturated heterocycles. The Balaban J connectivity index is 1.93. The maximum absolute atomic E-state index is 5.66. The van der Waals surface area contributed by atoms with Gasteiger partial charge in [0, 0.05) is 13.2 Å². The predicted octanol–water partition coefficient (Wildman–Crippen LogP) is 0.154. The summed E-state index contributed by atoms with van der Waals surface area (Å²) in [6.07, 6.45) is 2.59. The van der Waals surface area contributed by atoms with Gasteiger partial charge in [-0.3, -0.25) is 0 Å². The molecule has 0 aromatic rings. The van der Waals surface area contributed by atoms with E-state index in [2.05, 4.69) is 5.32 Å². The fourth-order valence-electron chi connectivity index (χ4n) is 1.70. The van der Waals surface area contributed by atoms with Crippen LogP contribution >= 0.6 is 0 Å². The smallest absolute Gasteiger partial charge is 0.0772 e. The number of nitrogens with one attached hydrogen (secondary N) is 1. The lowest BCUT2D eigenvalue weighted by molar-refractivity contribution is -0.0441. The first-order valence-electron chi connectivity index (χ1n) is 4.39. The summed E-state index contributed by atoms with van der Waals surface area (Å²) in [5, 5.41) is 3.43. The third kappa shape index (κ3) is 1.72. The van der Waals surface area contributed by atoms with Gasteiger partial charge in [0.1, 0.15) is 0 Å². The molecule has 3 nitrogen and oxygen atoms in total. The van der Waals surface area contributed by atoms with Gasteiger partial charge in [-0.05, 0) is 19.4 Å². The highest BCUT2D eigenvalue weighted by atomic mass is 16.5. The average Bonchev–Trinajstić information content (AvgIpc) is 2.28. The fraction of sp³-hybridized carbons (Fsp3) is 1.00. The molecule has 0 bridgehead atoms. The van der Waals surface area contributed by atoms with Crippen LogP contribution in [0.25, 0.3) is 0 Å². The Labute approximate surface area is 67.1 Å². The van der Waals surface area contributed by atoms with E-state index in [0.717, 1.165) is 39.2 Å². The van der Waals surface area contributed by atoms with Crippen molar-refractivity contribution in [1.29, 1.82) is 0 Å². The summed E-state index contributed by atoms with van der Waals surface area (Å²) in [6, 6.07) is 0.450. The van der Waals surface area contributed by atoms with E-state index >= 15 is 0 Å². The molecule has 2 rings (SSSR count). The average molecular weight is 157 g/mol. The lowest BCUT2D eigenvalue weighted by Crippen LogP contribution is -2.46. The molecular formula is C8H15NO2. The van der Waals surface area contributed by atoms with Crippen LogP contribution in [0.15, 0.2) is 0 Å². The van der Waals surface area contributed by atoms with E-state index in [4.69, 9.17) is 9.47 Å². The number of fused-ring (bicyclic) bond motifs is 1. The number of ether oxygens (including phenoxy) is 2. The Morgan fingerprint density at radius 2 is 2.27 bits per heavy atom. The minimum atomic E-state index is 0.409. The van der Waals surface area contributed by atoms with Gasteiger partial charge in [0.15, 0.2) is 0 Å². The predicted molar refractivity (Wildman–Crippen MR) is 41.6 cm³/mol. The number of rotatable bonds is 0. The highest BCUT2D eigenvalue weighted by Gasteiger charge is 2.27. The summed E-state index contributed by atoms with van der Waals surface area (Å²) >= 11 is 0. The van der Waals surface area contributed by atoms with Crippen molar-refractivity contribution in [3.8, 4) is 0 Å². The van der Waals surface area contributed by atoms with Crippen molar-refractivity contribution in [2.75, 3.05) is 26.4 Å². The third-order valence-corrected chi connectivity index (χ3v) is 2.35. The normalized spacial score (nSPS) is 39.3. The van der Waals surface area contributed by atoms with E-state index in [1.54, 1.807) is 0 Å². The first-order valence-corrected chi connectivity index (χ1v) is 4.39. The van der Waals surface area contributed by atoms with Gasteiger partial charge in [-0.25, -0.2) is 0 Å². The zero-order chi connectivity index (χ0) is 7.52. The monoisotopic (exact) mass is 157 g/mol. The van der Waals surface area contributed by atoms with Crippen LogP contribution in [0.5, 0.6) is 0 Å². The maximum atomic E-state index is 5.66. The fourth-order valence-corrected chi connectivity index (χ4v) is 1.70. The molecule has 0 amide bonds. The lowest BCUT2D eigenvalue weighted by atomic mass is 10.1. The first kappa shape index (κ1) is 7.53. The molecule has 2 heterocycles. The highest BCUT2D eigenvalue weighted by Crippen LogP contribution is 2.13. The van der Waals surface area contributed by atoms with Crippen LogP contribution in [0, 0.1) is 0 Å². The van der Waals surface area contributed by atoms with Crippen molar-refractivity contribution in [3.63, 3.8) is 0 Å². The van der Waals surface area contributed by atoms with E-state index in [0.29, 0.717) is 12.1 Å². The van der Waals surface area contributed by atoms with E-state index in [-0.39, 0.29) is 0 Å². The highest BCUT2D eigenvalue weighted by molar-refractivity contribution is 4.82. The Kier molecular flexibility index (Phi) is 2.41. The topological polar surface area (TPSA) is 30.5 Å². The molecule has 0 aliphatic carbocycles. The summed E-state index contributed by atoms with van der Waals surface area (Å²) in [5.74, 6) is 0. The van der Waals surface area contributed by atoms with Gasteiger partial charge in [0.25, 0.3) is 0 Å². The molecule has 3 heteroatoms. The van der Waals surface area contributed by atoms with Crippen LogP contribution in [0.1, 0.15) is 12.8 Å². The molecule has 11 heavy (non-hydrogen) atoms. The zero-order valence-electron chi connectivity index (χ0n) is 6.71. The van der Waals surface area contributed by atoms with Crippen LogP contribution in [-0.4, -0.2) is 38.5 Å². The summed E-state index contributed by atoms with van der Waals surface area (Å²) < 4.78 is 11.0. The van der Waals surface area contributed by atoms with Crippen molar-refractivity contribution in [2.24, 2.45) is 0 Å². The van der Waals surface area contributed by atoms with Gasteiger partial charge in [0.2, 0.25) is 0 Å². The molecule has 0 radical (unpaired) electrons. The van der Waals surface area contributed by atoms with Crippen molar-refractivity contribution in [1.82, 2.24) is 5.32 Å². The molecule has 64 valence electrons. The van der Waals surface area contributed by atoms with E-state index in [1.165, 1.54) is 0 Å². The molecule has 0 aromatic carbocycles. The third-order valence-electron chi connectivity index (χ3n) is 2.35. The molecule has 2 aliphatic heterocycles. The largest absolute Gasteiger partial charge is 0.380 e. The van der Waals surface area contributed by atoms with Gasteiger partial charge >= 0.3 is 0 Å². The first-order chi connectivity index (χ1) is 5.47. The lowest BCUT2D eigenvalue weighted by Gasteiger charge is -2.29. The van der Waals surface area contributed by atoms with Crippen LogP contribution in [0.3, 0.4) is 0 Å². The second kappa shape index (κ2) is 3.52. The Morgan fingerprint density at radius 1 is 1.27 bits per heavy atom. The Morgan fingerprint density at radius 3 is 3.27 bits per heavy atom. The van der Waals surface area contributed by atoms with E-state index < -0.39 is 0 Å². The standard InChI is InChI=1S/C8H15NO2/c1-3-9-7-6-10-5-2-8(7)11-4-1/h7-9H,1-6H2. The Hall–Kier alpha value is -0.120. The van der Waals surface area contributed by atoms with Crippen LogP contribution in [-0.2, 0) is 9.47 Å². The molecule has 1 N–H and O–H groups in total. The quantitative estimate of drug-likeness (QED) is 0.543. The molecule has 2 fully saturated rings. The molecule has 0 aromatic heterocycles. The molecular weight excluding hydrogens is 142 g/mol. The van der Waals surface area contributed by atoms with Crippen molar-refractivity contribution < 1.29 is 9.47 Å². The molecule has 2 unspecified atom stereocenters. The van der Waals surface area contributed by atoms with Crippen LogP contribution in [0.2, 0.25) is 0 Å². The van der Waals surface area contributed by atoms with Crippen LogP contribution < -0.4 is 5.32 Å². The summed E-state index contributed by atoms with van der Waals surface area (Å²) in [7, 11) is 0. The summed E-state index contributed by atoms with van der Waals surface area (Å²) in [4.78, 5) is 0. The van der Waals surface area contributed by atoms with Gasteiger partial charge in [-0.1, -0.05) is 0 Å². The number of hydrogen-bond acceptors (Lipinski definition) is 3. The minimum absolute atomic E-state index is 0.409. The minimum Gasteiger partial charge on any atom is -0.380 e. The van der Waals surface area contributed by atoms with Gasteiger partial charge < -0.3 is 14.8 Å². The van der Waals surface area contributed by atoms with Crippen LogP contribution in [0.4, 0.5) is 0 Å². The van der Waals surface area contributed by atoms with Gasteiger partial charge in [-0.15, -0.1) is 0 Å². The van der Waals surface area contributed by atoms with Crippen molar-refractivity contribution >= 4 is 0 Å². The Bertz CT molecular complexity index is 115. The second-order valence-electron chi connectivity index (χ2n) is 3.19. The van der Waals surface area contributed by atoms with Gasteiger partial charge in [0.05, 0.1) is 18.8 Å². The van der Waals surface area contributed by atoms with Gasteiger partial charge in [-0.2, -0.15) is 0 Å². The SMILES string of the molecule is C1CNC2COCCC2OC1. The van der Waals surface area contributed by atoms with Crippen molar-refractivity contribution in [2.45, 2.75) is 25.0 Å². The van der Waals surface area contributed by atoms with E-state index in [1.807, 2.05) is 0 Å². The molecule has 0 saturated carbocycles. The van der Waals surface area contributed by atoms with Crippen molar-refractivity contribution in [3.05, 3.63) is 0 Å². The summed E-state index contributed by atoms with van der Waals surface area (Å²) in [5.41, 5.74) is 0. The second-order valence-corrected chi connectivity index (χ2v) is 3.19. The van der Waals surface area contributed by atoms with E-state index in [9.17, 15) is 0 Å². The maximum Gasteiger partial charge on any atom is 0.0772 e.